The Hall–Kier alpha value is -3.80. The number of nitriles is 1. The molecule has 0 unspecified atom stereocenters. The monoisotopic (exact) mass is 377 g/mol. The Bertz CT molecular complexity index is 1070. The molecule has 0 atom stereocenters. The van der Waals surface area contributed by atoms with Crippen LogP contribution >= 0.6 is 0 Å². The molecule has 0 radical (unpaired) electrons. The summed E-state index contributed by atoms with van der Waals surface area (Å²) >= 11 is 0. The number of hydrogen-bond donors (Lipinski definition) is 1. The Morgan fingerprint density at radius 1 is 1.21 bits per heavy atom. The van der Waals surface area contributed by atoms with Gasteiger partial charge in [0.1, 0.15) is 29.0 Å². The van der Waals surface area contributed by atoms with Crippen LogP contribution in [0.5, 0.6) is 0 Å². The molecule has 9 heteroatoms. The number of aryl methyl sites for hydroxylation is 1. The lowest BCUT2D eigenvalue weighted by atomic mass is 10.1. The molecule has 28 heavy (non-hydrogen) atoms. The molecule has 3 rings (SSSR count). The number of nitro groups is 1. The maximum Gasteiger partial charge on any atom is 0.269 e. The van der Waals surface area contributed by atoms with Crippen molar-refractivity contribution in [3.63, 3.8) is 0 Å². The molecule has 3 aromatic rings. The van der Waals surface area contributed by atoms with Crippen molar-refractivity contribution in [2.24, 2.45) is 0 Å². The molecular weight excluding hydrogens is 358 g/mol. The Morgan fingerprint density at radius 2 is 1.89 bits per heavy atom. The van der Waals surface area contributed by atoms with Crippen molar-refractivity contribution in [3.05, 3.63) is 58.0 Å². The second-order valence-electron chi connectivity index (χ2n) is 7.24. The minimum atomic E-state index is -0.466. The van der Waals surface area contributed by atoms with Gasteiger partial charge in [-0.2, -0.15) is 10.4 Å². The molecule has 0 fully saturated rings. The summed E-state index contributed by atoms with van der Waals surface area (Å²) in [6.45, 7) is 7.72. The first kappa shape index (κ1) is 19.0. The number of hydrogen-bond acceptors (Lipinski definition) is 7. The van der Waals surface area contributed by atoms with Gasteiger partial charge in [0.15, 0.2) is 0 Å². The van der Waals surface area contributed by atoms with Crippen LogP contribution in [0, 0.1) is 28.4 Å². The first-order valence-electron chi connectivity index (χ1n) is 8.55. The van der Waals surface area contributed by atoms with Crippen LogP contribution in [0.3, 0.4) is 0 Å². The smallest absolute Gasteiger partial charge is 0.269 e. The number of nitrogens with zero attached hydrogens (tertiary/aromatic N) is 6. The first-order valence-corrected chi connectivity index (χ1v) is 8.55. The summed E-state index contributed by atoms with van der Waals surface area (Å²) in [7, 11) is 0. The minimum absolute atomic E-state index is 0.0223. The molecule has 0 spiro atoms. The Morgan fingerprint density at radius 3 is 2.43 bits per heavy atom. The van der Waals surface area contributed by atoms with Crippen molar-refractivity contribution in [2.75, 3.05) is 5.32 Å². The van der Waals surface area contributed by atoms with Crippen molar-refractivity contribution in [2.45, 2.75) is 33.2 Å². The number of rotatable bonds is 4. The summed E-state index contributed by atoms with van der Waals surface area (Å²) in [5.41, 5.74) is 1.67. The van der Waals surface area contributed by atoms with Crippen molar-refractivity contribution in [1.29, 1.82) is 5.26 Å². The maximum atomic E-state index is 10.9. The highest BCUT2D eigenvalue weighted by Crippen LogP contribution is 2.34. The van der Waals surface area contributed by atoms with E-state index in [1.807, 2.05) is 27.7 Å². The van der Waals surface area contributed by atoms with E-state index in [2.05, 4.69) is 26.5 Å². The highest BCUT2D eigenvalue weighted by molar-refractivity contribution is 5.76. The summed E-state index contributed by atoms with van der Waals surface area (Å²) in [4.78, 5) is 18.9. The number of nitrogens with one attached hydrogen (secondary N) is 1. The van der Waals surface area contributed by atoms with E-state index >= 15 is 0 Å². The highest BCUT2D eigenvalue weighted by atomic mass is 16.6. The van der Waals surface area contributed by atoms with E-state index in [1.165, 1.54) is 12.1 Å². The molecule has 9 nitrogen and oxygen atoms in total. The second kappa shape index (κ2) is 7.08. The molecule has 2 heterocycles. The minimum Gasteiger partial charge on any atom is -0.323 e. The van der Waals surface area contributed by atoms with Gasteiger partial charge in [0, 0.05) is 23.9 Å². The molecule has 0 saturated carbocycles. The van der Waals surface area contributed by atoms with Crippen LogP contribution in [0.4, 0.5) is 17.3 Å². The van der Waals surface area contributed by atoms with Gasteiger partial charge in [-0.25, -0.2) is 9.67 Å². The Balaban J connectivity index is 2.15. The predicted octanol–water partition coefficient (Wildman–Crippen LogP) is 3.93. The summed E-state index contributed by atoms with van der Waals surface area (Å²) < 4.78 is 1.71. The number of aromatic nitrogens is 4. The van der Waals surface area contributed by atoms with E-state index in [1.54, 1.807) is 29.2 Å². The number of anilines is 2. The largest absolute Gasteiger partial charge is 0.323 e. The summed E-state index contributed by atoms with van der Waals surface area (Å²) in [5, 5.41) is 28.5. The highest BCUT2D eigenvalue weighted by Gasteiger charge is 2.26. The van der Waals surface area contributed by atoms with Crippen molar-refractivity contribution in [1.82, 2.24) is 19.7 Å². The maximum absolute atomic E-state index is 10.9. The van der Waals surface area contributed by atoms with Crippen molar-refractivity contribution in [3.8, 4) is 17.3 Å². The normalized spacial score (nSPS) is 11.1. The fraction of sp³-hybridized carbons (Fsp3) is 0.263. The van der Waals surface area contributed by atoms with Gasteiger partial charge in [0.2, 0.25) is 0 Å². The van der Waals surface area contributed by atoms with Gasteiger partial charge in [-0.05, 0) is 39.8 Å². The SMILES string of the molecule is Cc1cncc(Nc2c(C#N)c(-c3ccc([N+](=O)[O-])cc3)nn2C(C)(C)C)n1. The molecule has 0 amide bonds. The number of nitro benzene ring substituents is 1. The first-order chi connectivity index (χ1) is 13.2. The van der Waals surface area contributed by atoms with Gasteiger partial charge in [-0.1, -0.05) is 0 Å². The quantitative estimate of drug-likeness (QED) is 0.540. The van der Waals surface area contributed by atoms with E-state index in [0.717, 1.165) is 5.69 Å². The molecular formula is C19H19N7O2. The van der Waals surface area contributed by atoms with E-state index in [0.29, 0.717) is 28.5 Å². The molecule has 0 saturated heterocycles. The standard InChI is InChI=1S/C19H19N7O2/c1-12-10-21-11-16(22-12)23-18-15(9-20)17(24-25(18)19(2,3)4)13-5-7-14(8-6-13)26(27)28/h5-8,10-11H,1-4H3,(H,22,23). The molecule has 2 aromatic heterocycles. The average Bonchev–Trinajstić information content (AvgIpc) is 3.00. The van der Waals surface area contributed by atoms with Gasteiger partial charge in [-0.3, -0.25) is 15.1 Å². The Labute approximate surface area is 161 Å². The van der Waals surface area contributed by atoms with Gasteiger partial charge >= 0.3 is 0 Å². The van der Waals surface area contributed by atoms with Crippen LogP contribution in [0.15, 0.2) is 36.7 Å². The lowest BCUT2D eigenvalue weighted by Crippen LogP contribution is -2.24. The van der Waals surface area contributed by atoms with Crippen LogP contribution in [-0.2, 0) is 5.54 Å². The molecule has 0 aliphatic carbocycles. The van der Waals surface area contributed by atoms with Crippen LogP contribution in [0.25, 0.3) is 11.3 Å². The van der Waals surface area contributed by atoms with E-state index in [4.69, 9.17) is 0 Å². The fourth-order valence-corrected chi connectivity index (χ4v) is 2.71. The summed E-state index contributed by atoms with van der Waals surface area (Å²) in [6.07, 6.45) is 3.21. The zero-order chi connectivity index (χ0) is 20.5. The molecule has 1 aromatic carbocycles. The average molecular weight is 377 g/mol. The van der Waals surface area contributed by atoms with Crippen LogP contribution in [0.2, 0.25) is 0 Å². The third kappa shape index (κ3) is 3.66. The summed E-state index contributed by atoms with van der Waals surface area (Å²) in [6, 6.07) is 8.16. The number of non-ortho nitro benzene ring substituents is 1. The van der Waals surface area contributed by atoms with E-state index < -0.39 is 10.5 Å². The third-order valence-corrected chi connectivity index (χ3v) is 3.99. The van der Waals surface area contributed by atoms with Gasteiger partial charge in [-0.15, -0.1) is 0 Å². The number of benzene rings is 1. The predicted molar refractivity (Wildman–Crippen MR) is 104 cm³/mol. The zero-order valence-corrected chi connectivity index (χ0v) is 16.0. The molecule has 0 aliphatic rings. The van der Waals surface area contributed by atoms with Crippen LogP contribution in [0.1, 0.15) is 32.0 Å². The summed E-state index contributed by atoms with van der Waals surface area (Å²) in [5.74, 6) is 0.986. The molecule has 0 aliphatic heterocycles. The molecule has 1 N–H and O–H groups in total. The Kier molecular flexibility index (Phi) is 4.79. The molecule has 142 valence electrons. The van der Waals surface area contributed by atoms with Gasteiger partial charge in [0.25, 0.3) is 5.69 Å². The molecule has 0 bridgehead atoms. The van der Waals surface area contributed by atoms with E-state index in [-0.39, 0.29) is 5.69 Å². The van der Waals surface area contributed by atoms with Crippen LogP contribution < -0.4 is 5.32 Å². The van der Waals surface area contributed by atoms with E-state index in [9.17, 15) is 15.4 Å². The second-order valence-corrected chi connectivity index (χ2v) is 7.24. The van der Waals surface area contributed by atoms with Crippen LogP contribution in [-0.4, -0.2) is 24.7 Å². The fourth-order valence-electron chi connectivity index (χ4n) is 2.71. The zero-order valence-electron chi connectivity index (χ0n) is 16.0. The lowest BCUT2D eigenvalue weighted by molar-refractivity contribution is -0.384. The van der Waals surface area contributed by atoms with Gasteiger partial charge < -0.3 is 5.32 Å². The topological polar surface area (TPSA) is 123 Å². The van der Waals surface area contributed by atoms with Crippen molar-refractivity contribution < 1.29 is 4.92 Å². The third-order valence-electron chi connectivity index (χ3n) is 3.99. The van der Waals surface area contributed by atoms with Crippen molar-refractivity contribution >= 4 is 17.3 Å². The lowest BCUT2D eigenvalue weighted by Gasteiger charge is -2.22. The van der Waals surface area contributed by atoms with Gasteiger partial charge in [0.05, 0.1) is 22.4 Å².